The van der Waals surface area contributed by atoms with Crippen LogP contribution in [-0.4, -0.2) is 4.98 Å². The Morgan fingerprint density at radius 3 is 2.71 bits per heavy atom. The lowest BCUT2D eigenvalue weighted by Gasteiger charge is -2.13. The van der Waals surface area contributed by atoms with Gasteiger partial charge in [-0.25, -0.2) is 0 Å². The highest BCUT2D eigenvalue weighted by atomic mass is 79.9. The van der Waals surface area contributed by atoms with Crippen molar-refractivity contribution in [1.82, 2.24) is 4.98 Å². The summed E-state index contributed by atoms with van der Waals surface area (Å²) in [6.07, 6.45) is 1.64. The van der Waals surface area contributed by atoms with Gasteiger partial charge in [-0.1, -0.05) is 28.1 Å². The molecule has 0 aliphatic carbocycles. The highest BCUT2D eigenvalue weighted by Crippen LogP contribution is 2.36. The highest BCUT2D eigenvalue weighted by Gasteiger charge is 2.11. The Labute approximate surface area is 131 Å². The van der Waals surface area contributed by atoms with E-state index in [2.05, 4.69) is 27.0 Å². The van der Waals surface area contributed by atoms with E-state index >= 15 is 0 Å². The Hall–Kier alpha value is -2.07. The molecule has 3 aromatic rings. The van der Waals surface area contributed by atoms with Crippen molar-refractivity contribution in [3.05, 3.63) is 58.2 Å². The van der Waals surface area contributed by atoms with Gasteiger partial charge in [0.15, 0.2) is 5.75 Å². The molecule has 106 valence electrons. The average Bonchev–Trinajstić information content (AvgIpc) is 2.46. The van der Waals surface area contributed by atoms with Crippen LogP contribution in [0.15, 0.2) is 47.1 Å². The molecular formula is C17H15BrN2O. The topological polar surface area (TPSA) is 48.1 Å². The van der Waals surface area contributed by atoms with Gasteiger partial charge in [-0.05, 0) is 49.2 Å². The molecule has 3 rings (SSSR count). The number of aryl methyl sites for hydroxylation is 2. The van der Waals surface area contributed by atoms with Crippen LogP contribution in [0.3, 0.4) is 0 Å². The third kappa shape index (κ3) is 2.72. The van der Waals surface area contributed by atoms with Gasteiger partial charge in [-0.3, -0.25) is 4.98 Å². The minimum absolute atomic E-state index is 0.529. The molecular weight excluding hydrogens is 328 g/mol. The Balaban J connectivity index is 2.17. The molecule has 0 unspecified atom stereocenters. The number of nitrogens with zero attached hydrogens (tertiary/aromatic N) is 1. The fourth-order valence-electron chi connectivity index (χ4n) is 2.20. The van der Waals surface area contributed by atoms with E-state index in [-0.39, 0.29) is 0 Å². The number of pyridine rings is 1. The number of ether oxygens (including phenoxy) is 1. The maximum Gasteiger partial charge on any atom is 0.161 e. The molecule has 0 atom stereocenters. The van der Waals surface area contributed by atoms with Crippen LogP contribution in [0, 0.1) is 13.8 Å². The zero-order valence-electron chi connectivity index (χ0n) is 11.9. The molecule has 0 bridgehead atoms. The number of anilines is 1. The number of rotatable bonds is 2. The van der Waals surface area contributed by atoms with Crippen molar-refractivity contribution >= 4 is 32.5 Å². The summed E-state index contributed by atoms with van der Waals surface area (Å²) in [6, 6.07) is 12.0. The van der Waals surface area contributed by atoms with Crippen molar-refractivity contribution in [2.75, 3.05) is 5.73 Å². The van der Waals surface area contributed by atoms with Crippen molar-refractivity contribution in [3.8, 4) is 11.5 Å². The molecule has 0 saturated heterocycles. The number of benzene rings is 2. The second kappa shape index (κ2) is 5.37. The third-order valence-corrected chi connectivity index (χ3v) is 3.86. The molecule has 0 radical (unpaired) electrons. The second-order valence-electron chi connectivity index (χ2n) is 5.08. The van der Waals surface area contributed by atoms with Gasteiger partial charge in [-0.2, -0.15) is 0 Å². The lowest BCUT2D eigenvalue weighted by atomic mass is 10.1. The second-order valence-corrected chi connectivity index (χ2v) is 5.99. The van der Waals surface area contributed by atoms with Crippen molar-refractivity contribution in [3.63, 3.8) is 0 Å². The average molecular weight is 343 g/mol. The standard InChI is InChI=1S/C17H15BrN2O/c1-10-3-4-11(2)16(7-10)21-17-13-8-12(18)5-6-15(13)20-9-14(17)19/h3-9H,19H2,1-2H3. The van der Waals surface area contributed by atoms with Crippen LogP contribution in [-0.2, 0) is 0 Å². The molecule has 2 aromatic carbocycles. The molecule has 21 heavy (non-hydrogen) atoms. The Bertz CT molecular complexity index is 825. The number of hydrogen-bond donors (Lipinski definition) is 1. The molecule has 0 saturated carbocycles. The van der Waals surface area contributed by atoms with Gasteiger partial charge in [0.05, 0.1) is 17.4 Å². The first-order valence-electron chi connectivity index (χ1n) is 6.63. The Kier molecular flexibility index (Phi) is 3.55. The van der Waals surface area contributed by atoms with Crippen molar-refractivity contribution < 1.29 is 4.74 Å². The third-order valence-electron chi connectivity index (χ3n) is 3.36. The van der Waals surface area contributed by atoms with E-state index in [1.54, 1.807) is 6.20 Å². The fraction of sp³-hybridized carbons (Fsp3) is 0.118. The summed E-state index contributed by atoms with van der Waals surface area (Å²) in [4.78, 5) is 4.34. The van der Waals surface area contributed by atoms with Gasteiger partial charge in [-0.15, -0.1) is 0 Å². The lowest BCUT2D eigenvalue weighted by Crippen LogP contribution is -1.96. The summed E-state index contributed by atoms with van der Waals surface area (Å²) in [5.74, 6) is 1.46. The first-order valence-corrected chi connectivity index (χ1v) is 7.43. The molecule has 1 heterocycles. The molecule has 0 spiro atoms. The van der Waals surface area contributed by atoms with E-state index in [9.17, 15) is 0 Å². The Morgan fingerprint density at radius 1 is 1.10 bits per heavy atom. The largest absolute Gasteiger partial charge is 0.454 e. The van der Waals surface area contributed by atoms with Gasteiger partial charge >= 0.3 is 0 Å². The van der Waals surface area contributed by atoms with Gasteiger partial charge in [0, 0.05) is 9.86 Å². The smallest absolute Gasteiger partial charge is 0.161 e. The molecule has 0 aliphatic rings. The van der Waals surface area contributed by atoms with Gasteiger partial charge in [0.2, 0.25) is 0 Å². The lowest BCUT2D eigenvalue weighted by molar-refractivity contribution is 0.486. The number of hydrogen-bond acceptors (Lipinski definition) is 3. The summed E-state index contributed by atoms with van der Waals surface area (Å²) >= 11 is 3.48. The number of aromatic nitrogens is 1. The van der Waals surface area contributed by atoms with Crippen LogP contribution in [0.25, 0.3) is 10.9 Å². The van der Waals surface area contributed by atoms with Crippen LogP contribution in [0.5, 0.6) is 11.5 Å². The van der Waals surface area contributed by atoms with Crippen molar-refractivity contribution in [1.29, 1.82) is 0 Å². The van der Waals surface area contributed by atoms with E-state index < -0.39 is 0 Å². The quantitative estimate of drug-likeness (QED) is 0.713. The van der Waals surface area contributed by atoms with Crippen molar-refractivity contribution in [2.24, 2.45) is 0 Å². The maximum absolute atomic E-state index is 6.10. The highest BCUT2D eigenvalue weighted by molar-refractivity contribution is 9.10. The summed E-state index contributed by atoms with van der Waals surface area (Å²) in [5.41, 5.74) is 9.67. The maximum atomic E-state index is 6.10. The minimum Gasteiger partial charge on any atom is -0.454 e. The summed E-state index contributed by atoms with van der Waals surface area (Å²) in [5, 5.41) is 0.894. The van der Waals surface area contributed by atoms with Crippen LogP contribution < -0.4 is 10.5 Å². The number of fused-ring (bicyclic) bond motifs is 1. The zero-order valence-corrected chi connectivity index (χ0v) is 13.4. The number of nitrogen functional groups attached to an aromatic ring is 1. The molecule has 1 aromatic heterocycles. The molecule has 3 nitrogen and oxygen atoms in total. The van der Waals surface area contributed by atoms with Crippen LogP contribution in [0.4, 0.5) is 5.69 Å². The fourth-order valence-corrected chi connectivity index (χ4v) is 2.56. The predicted octanol–water partition coefficient (Wildman–Crippen LogP) is 4.99. The summed E-state index contributed by atoms with van der Waals surface area (Å²) in [6.45, 7) is 4.06. The van der Waals surface area contributed by atoms with E-state index in [0.717, 1.165) is 32.3 Å². The molecule has 4 heteroatoms. The van der Waals surface area contributed by atoms with Gasteiger partial charge in [0.1, 0.15) is 5.75 Å². The summed E-state index contributed by atoms with van der Waals surface area (Å²) < 4.78 is 7.07. The van der Waals surface area contributed by atoms with Crippen LogP contribution in [0.2, 0.25) is 0 Å². The van der Waals surface area contributed by atoms with Crippen LogP contribution in [0.1, 0.15) is 11.1 Å². The normalized spacial score (nSPS) is 10.8. The number of nitrogens with two attached hydrogens (primary N) is 1. The molecule has 0 amide bonds. The van der Waals surface area contributed by atoms with E-state index in [1.165, 1.54) is 0 Å². The van der Waals surface area contributed by atoms with Gasteiger partial charge < -0.3 is 10.5 Å². The monoisotopic (exact) mass is 342 g/mol. The Morgan fingerprint density at radius 2 is 1.90 bits per heavy atom. The van der Waals surface area contributed by atoms with Crippen molar-refractivity contribution in [2.45, 2.75) is 13.8 Å². The molecule has 0 fully saturated rings. The van der Waals surface area contributed by atoms with E-state index in [4.69, 9.17) is 10.5 Å². The van der Waals surface area contributed by atoms with E-state index in [1.807, 2.05) is 44.2 Å². The van der Waals surface area contributed by atoms with E-state index in [0.29, 0.717) is 11.4 Å². The molecule has 2 N–H and O–H groups in total. The first-order chi connectivity index (χ1) is 10.0. The first kappa shape index (κ1) is 13.9. The minimum atomic E-state index is 0.529. The zero-order chi connectivity index (χ0) is 15.0. The SMILES string of the molecule is Cc1ccc(C)c(Oc2c(N)cnc3ccc(Br)cc23)c1. The summed E-state index contributed by atoms with van der Waals surface area (Å²) in [7, 11) is 0. The van der Waals surface area contributed by atoms with Crippen LogP contribution >= 0.6 is 15.9 Å². The molecule has 0 aliphatic heterocycles. The predicted molar refractivity (Wildman–Crippen MR) is 89.8 cm³/mol. The number of halogens is 1. The van der Waals surface area contributed by atoms with Gasteiger partial charge in [0.25, 0.3) is 0 Å².